The second kappa shape index (κ2) is 29.2. The summed E-state index contributed by atoms with van der Waals surface area (Å²) in [5.74, 6) is -7.66. The molecule has 7 rings (SSSR count). The maximum Gasteiger partial charge on any atom is 0.433 e. The van der Waals surface area contributed by atoms with Gasteiger partial charge in [-0.3, -0.25) is 4.79 Å². The van der Waals surface area contributed by atoms with E-state index in [0.29, 0.717) is 60.3 Å². The number of rotatable bonds is 11. The van der Waals surface area contributed by atoms with Crippen molar-refractivity contribution in [3.05, 3.63) is 213 Å². The quantitative estimate of drug-likeness (QED) is 0.0749. The lowest BCUT2D eigenvalue weighted by Gasteiger charge is -2.36. The molecule has 0 aliphatic heterocycles. The molecule has 0 bridgehead atoms. The van der Waals surface area contributed by atoms with E-state index in [4.69, 9.17) is 0 Å². The Labute approximate surface area is 508 Å². The van der Waals surface area contributed by atoms with Crippen molar-refractivity contribution in [1.82, 2.24) is 34.6 Å². The van der Waals surface area contributed by atoms with E-state index in [2.05, 4.69) is 43.8 Å². The molecule has 0 amide bonds. The van der Waals surface area contributed by atoms with E-state index in [0.717, 1.165) is 18.5 Å². The topological polar surface area (TPSA) is 162 Å². The van der Waals surface area contributed by atoms with E-state index >= 15 is 0 Å². The summed E-state index contributed by atoms with van der Waals surface area (Å²) in [5, 5.41) is 0. The van der Waals surface area contributed by atoms with E-state index < -0.39 is 171 Å². The molecule has 3 aromatic heterocycles. The molecular formula is C56H47F21N8O4S2. The van der Waals surface area contributed by atoms with Gasteiger partial charge in [-0.15, -0.1) is 0 Å². The number of methoxy groups -OCH3 is 1. The monoisotopic (exact) mass is 1360 g/mol. The number of nitrogens with zero attached hydrogens (tertiary/aromatic N) is 7. The van der Waals surface area contributed by atoms with Crippen LogP contribution >= 0.6 is 0 Å². The van der Waals surface area contributed by atoms with Gasteiger partial charge in [0.15, 0.2) is 11.6 Å². The van der Waals surface area contributed by atoms with Crippen molar-refractivity contribution in [2.75, 3.05) is 14.2 Å². The van der Waals surface area contributed by atoms with Gasteiger partial charge in [-0.25, -0.2) is 56.2 Å². The number of nitrogens with one attached hydrogen (secondary N) is 1. The number of alkyl halides is 18. The highest BCUT2D eigenvalue weighted by Crippen LogP contribution is 2.40. The molecule has 0 aliphatic rings. The van der Waals surface area contributed by atoms with Crippen molar-refractivity contribution >= 4 is 33.5 Å². The van der Waals surface area contributed by atoms with Crippen molar-refractivity contribution in [2.45, 2.75) is 100 Å². The lowest BCUT2D eigenvalue weighted by Crippen LogP contribution is -2.51. The van der Waals surface area contributed by atoms with Crippen LogP contribution in [-0.2, 0) is 75.7 Å². The van der Waals surface area contributed by atoms with Crippen LogP contribution in [0, 0.1) is 17.5 Å². The number of aromatic nitrogens is 6. The number of hydrogen-bond acceptors (Lipinski definition) is 10. The van der Waals surface area contributed by atoms with Crippen molar-refractivity contribution in [3.63, 3.8) is 0 Å². The largest absolute Gasteiger partial charge is 0.433 e. The molecule has 494 valence electrons. The zero-order chi connectivity index (χ0) is 69.3. The van der Waals surface area contributed by atoms with Crippen molar-refractivity contribution in [3.8, 4) is 0 Å². The highest BCUT2D eigenvalue weighted by atomic mass is 32.2. The molecule has 35 heteroatoms. The van der Waals surface area contributed by atoms with E-state index in [1.807, 2.05) is 0 Å². The van der Waals surface area contributed by atoms with Crippen LogP contribution in [0.3, 0.4) is 0 Å². The van der Waals surface area contributed by atoms with Crippen molar-refractivity contribution in [2.24, 2.45) is 4.40 Å². The highest BCUT2D eigenvalue weighted by Gasteiger charge is 2.46. The van der Waals surface area contributed by atoms with Gasteiger partial charge in [0.25, 0.3) is 0 Å². The smallest absolute Gasteiger partial charge is 0.388 e. The van der Waals surface area contributed by atoms with Gasteiger partial charge in [0.05, 0.1) is 37.2 Å². The third-order valence-electron chi connectivity index (χ3n) is 11.2. The Morgan fingerprint density at radius 1 is 0.473 bits per heavy atom. The molecule has 3 atom stereocenters. The van der Waals surface area contributed by atoms with Gasteiger partial charge in [0.2, 0.25) is 11.6 Å². The van der Waals surface area contributed by atoms with Gasteiger partial charge in [0, 0.05) is 50.4 Å². The van der Waals surface area contributed by atoms with Crippen LogP contribution in [0.15, 0.2) is 126 Å². The van der Waals surface area contributed by atoms with Crippen molar-refractivity contribution in [1.29, 1.82) is 0 Å². The minimum absolute atomic E-state index is 0.157. The first kappa shape index (κ1) is 75.7. The molecule has 0 saturated carbocycles. The standard InChI is InChI=1S/C24H22F7N3OS.C17H14F7N3OS.C13H5F7N2O.C2H6O/c1-21(2,3)36(35)34-22(14-15-7-5-4-6-8-15,20-32-10-9-19(33-20)24(29,30)31)16-11-17(23(26,27)28)13-18(25)12-16;1-15(2,3)29(28)27-13(14-25-5-4-12(26-14)17(22,23)24)9-6-10(16(19,20)21)8-11(18)7-9;14-8-4-6(3-7(5-8)12(15,16)17)10(23)11-21-2-1-9(22-11)13(18,19)20;1-3-2/h4-13,34H,14H2,1-3H3;4-8H,1-3H3;1-5H;1-2H3/t22-,36+;29-;;/m01../s1. The summed E-state index contributed by atoms with van der Waals surface area (Å²) in [6.45, 7) is 9.15. The first-order valence-electron chi connectivity index (χ1n) is 25.1. The van der Waals surface area contributed by atoms with Crippen LogP contribution < -0.4 is 4.72 Å². The minimum Gasteiger partial charge on any atom is -0.388 e. The Balaban J connectivity index is 0.000000291. The van der Waals surface area contributed by atoms with Crippen LogP contribution in [0.25, 0.3) is 0 Å². The van der Waals surface area contributed by atoms with E-state index in [1.165, 1.54) is 20.8 Å². The lowest BCUT2D eigenvalue weighted by atomic mass is 9.82. The highest BCUT2D eigenvalue weighted by molar-refractivity contribution is 7.85. The summed E-state index contributed by atoms with van der Waals surface area (Å²) in [5.41, 5.74) is -12.6. The van der Waals surface area contributed by atoms with E-state index in [1.54, 1.807) is 65.3 Å². The van der Waals surface area contributed by atoms with Crippen LogP contribution in [-0.4, -0.2) is 73.5 Å². The fraction of sp³-hybridized carbons (Fsp3) is 0.321. The minimum atomic E-state index is -4.97. The van der Waals surface area contributed by atoms with E-state index in [9.17, 15) is 105 Å². The predicted octanol–water partition coefficient (Wildman–Crippen LogP) is 15.3. The number of hydrogen-bond donors (Lipinski definition) is 1. The summed E-state index contributed by atoms with van der Waals surface area (Å²) >= 11 is 0. The SMILES string of the molecule is CC(C)(C)[S@@](=O)N=C(c1cc(F)cc(C(F)(F)F)c1)c1nccc(C(F)(F)F)n1.CC(C)(C)[S@@](=O)N[C@@](Cc1ccccc1)(c1cc(F)cc(C(F)(F)F)c1)c1nccc(C(F)(F)F)n1.COC.O=C(c1cc(F)cc(C(F)(F)F)c1)c1nccc(C(F)(F)F)n1. The van der Waals surface area contributed by atoms with Crippen molar-refractivity contribution < 1.29 is 110 Å². The predicted molar refractivity (Wildman–Crippen MR) is 287 cm³/mol. The molecule has 0 unspecified atom stereocenters. The Bertz CT molecular complexity index is 3730. The molecule has 0 aliphatic carbocycles. The van der Waals surface area contributed by atoms with Crippen LogP contribution in [0.4, 0.5) is 92.2 Å². The Hall–Kier alpha value is -7.79. The van der Waals surface area contributed by atoms with E-state index in [-0.39, 0.29) is 24.6 Å². The Morgan fingerprint density at radius 3 is 1.30 bits per heavy atom. The summed E-state index contributed by atoms with van der Waals surface area (Å²) < 4.78 is 311. The Morgan fingerprint density at radius 2 is 0.857 bits per heavy atom. The number of benzene rings is 4. The van der Waals surface area contributed by atoms with Crippen LogP contribution in [0.1, 0.15) is 120 Å². The second-order valence-electron chi connectivity index (χ2n) is 20.6. The molecule has 1 N–H and O–H groups in total. The fourth-order valence-corrected chi connectivity index (χ4v) is 8.52. The van der Waals surface area contributed by atoms with Gasteiger partial charge in [-0.05, 0) is 125 Å². The Kier molecular flexibility index (Phi) is 24.3. The third-order valence-corrected chi connectivity index (χ3v) is 14.2. The van der Waals surface area contributed by atoms with Gasteiger partial charge in [-0.2, -0.15) is 83.4 Å². The number of ketones is 1. The first-order chi connectivity index (χ1) is 41.5. The number of halogens is 21. The van der Waals surface area contributed by atoms with Gasteiger partial charge in [0.1, 0.15) is 56.8 Å². The third kappa shape index (κ3) is 21.7. The maximum absolute atomic E-state index is 14.6. The molecule has 0 saturated heterocycles. The summed E-state index contributed by atoms with van der Waals surface area (Å²) in [7, 11) is -0.916. The summed E-state index contributed by atoms with van der Waals surface area (Å²) in [4.78, 5) is 32.6. The number of carbonyl (C=O) groups is 1. The second-order valence-corrected chi connectivity index (χ2v) is 24.4. The molecule has 4 aromatic carbocycles. The lowest BCUT2D eigenvalue weighted by molar-refractivity contribution is -0.142. The van der Waals surface area contributed by atoms with Crippen LogP contribution in [0.2, 0.25) is 0 Å². The molecule has 91 heavy (non-hydrogen) atoms. The molecule has 12 nitrogen and oxygen atoms in total. The van der Waals surface area contributed by atoms with Gasteiger partial charge >= 0.3 is 37.1 Å². The molecular weight excluding hydrogens is 1310 g/mol. The average molecular weight is 1360 g/mol. The maximum atomic E-state index is 14.6. The summed E-state index contributed by atoms with van der Waals surface area (Å²) in [6, 6.07) is 13.5. The fourth-order valence-electron chi connectivity index (χ4n) is 6.99. The normalized spacial score (nSPS) is 14.1. The summed E-state index contributed by atoms with van der Waals surface area (Å²) in [6.07, 6.45) is -27.6. The molecule has 7 aromatic rings. The average Bonchev–Trinajstić information content (AvgIpc) is 0.919. The number of carbonyl (C=O) groups excluding carboxylic acids is 1. The van der Waals surface area contributed by atoms with Crippen LogP contribution in [0.5, 0.6) is 0 Å². The molecule has 0 spiro atoms. The molecule has 0 fully saturated rings. The molecule has 0 radical (unpaired) electrons. The van der Waals surface area contributed by atoms with Gasteiger partial charge < -0.3 is 4.74 Å². The number of ether oxygens (including phenoxy) is 1. The zero-order valence-corrected chi connectivity index (χ0v) is 49.4. The first-order valence-corrected chi connectivity index (χ1v) is 27.3. The molecule has 3 heterocycles. The zero-order valence-electron chi connectivity index (χ0n) is 47.8. The van der Waals surface area contributed by atoms with Gasteiger partial charge in [-0.1, -0.05) is 30.3 Å².